The lowest BCUT2D eigenvalue weighted by Gasteiger charge is -2.12. The number of hydrogen-bond acceptors (Lipinski definition) is 5. The van der Waals surface area contributed by atoms with Crippen LogP contribution in [0, 0.1) is 0 Å². The number of hydrogen-bond donors (Lipinski definition) is 2. The van der Waals surface area contributed by atoms with Gasteiger partial charge in [0.2, 0.25) is 0 Å². The number of benzene rings is 1. The molecule has 0 aliphatic carbocycles. The van der Waals surface area contributed by atoms with Crippen molar-refractivity contribution in [1.29, 1.82) is 0 Å². The second kappa shape index (κ2) is 7.04. The summed E-state index contributed by atoms with van der Waals surface area (Å²) in [6.45, 7) is 4.14. The van der Waals surface area contributed by atoms with Gasteiger partial charge in [-0.2, -0.15) is 0 Å². The molecule has 0 saturated carbocycles. The van der Waals surface area contributed by atoms with Gasteiger partial charge in [0.15, 0.2) is 0 Å². The monoisotopic (exact) mass is 321 g/mol. The lowest BCUT2D eigenvalue weighted by molar-refractivity contribution is 0.102. The summed E-state index contributed by atoms with van der Waals surface area (Å²) >= 11 is 0. The number of nitrogens with one attached hydrogen (secondary N) is 2. The van der Waals surface area contributed by atoms with Gasteiger partial charge in [-0.1, -0.05) is 25.1 Å². The highest BCUT2D eigenvalue weighted by atomic mass is 16.1. The Labute approximate surface area is 140 Å². The van der Waals surface area contributed by atoms with Crippen molar-refractivity contribution in [3.63, 3.8) is 0 Å². The normalized spacial score (nSPS) is 11.9. The average Bonchev–Trinajstić information content (AvgIpc) is 2.62. The van der Waals surface area contributed by atoms with Gasteiger partial charge in [0.1, 0.15) is 17.8 Å². The van der Waals surface area contributed by atoms with Crippen molar-refractivity contribution in [1.82, 2.24) is 15.0 Å². The van der Waals surface area contributed by atoms with E-state index in [1.807, 2.05) is 30.3 Å². The van der Waals surface area contributed by atoms with Crippen LogP contribution < -0.4 is 10.6 Å². The average molecular weight is 321 g/mol. The molecule has 0 fully saturated rings. The highest BCUT2D eigenvalue weighted by Gasteiger charge is 2.12. The minimum atomic E-state index is -0.289. The Balaban J connectivity index is 1.83. The van der Waals surface area contributed by atoms with Crippen LogP contribution in [0.25, 0.3) is 10.9 Å². The highest BCUT2D eigenvalue weighted by molar-refractivity contribution is 6.07. The van der Waals surface area contributed by atoms with Gasteiger partial charge in [0.25, 0.3) is 5.91 Å². The summed E-state index contributed by atoms with van der Waals surface area (Å²) in [5.74, 6) is 0.350. The largest absolute Gasteiger partial charge is 0.368 e. The second-order valence-corrected chi connectivity index (χ2v) is 5.58. The zero-order valence-electron chi connectivity index (χ0n) is 13.7. The molecule has 0 saturated heterocycles. The summed E-state index contributed by atoms with van der Waals surface area (Å²) in [4.78, 5) is 25.1. The van der Waals surface area contributed by atoms with Crippen LogP contribution in [-0.4, -0.2) is 26.9 Å². The molecule has 0 spiro atoms. The Hall–Kier alpha value is -3.02. The van der Waals surface area contributed by atoms with Gasteiger partial charge in [-0.25, -0.2) is 9.97 Å². The summed E-state index contributed by atoms with van der Waals surface area (Å²) in [5.41, 5.74) is 1.72. The molecule has 3 rings (SSSR count). The van der Waals surface area contributed by atoms with E-state index in [-0.39, 0.29) is 11.9 Å². The van der Waals surface area contributed by atoms with Crippen LogP contribution in [0.1, 0.15) is 30.8 Å². The predicted molar refractivity (Wildman–Crippen MR) is 95.1 cm³/mol. The van der Waals surface area contributed by atoms with E-state index in [0.717, 1.165) is 17.3 Å². The Kier molecular flexibility index (Phi) is 4.65. The van der Waals surface area contributed by atoms with Crippen LogP contribution in [0.2, 0.25) is 0 Å². The first-order valence-corrected chi connectivity index (χ1v) is 7.91. The number of para-hydroxylation sites is 1. The molecule has 2 aromatic heterocycles. The topological polar surface area (TPSA) is 79.8 Å². The van der Waals surface area contributed by atoms with Crippen molar-refractivity contribution in [2.75, 3.05) is 10.6 Å². The molecule has 1 atom stereocenters. The number of amides is 1. The van der Waals surface area contributed by atoms with E-state index >= 15 is 0 Å². The number of anilines is 2. The Morgan fingerprint density at radius 3 is 2.83 bits per heavy atom. The smallest absolute Gasteiger partial charge is 0.274 e. The summed E-state index contributed by atoms with van der Waals surface area (Å²) in [6.07, 6.45) is 4.06. The maximum Gasteiger partial charge on any atom is 0.274 e. The summed E-state index contributed by atoms with van der Waals surface area (Å²) in [6, 6.07) is 11.4. The fraction of sp³-hybridized carbons (Fsp3) is 0.222. The molecule has 0 bridgehead atoms. The number of nitrogens with zero attached hydrogens (tertiary/aromatic N) is 3. The SMILES string of the molecule is CCC(C)Nc1cc(C(=O)Nc2cccc3cccnc23)ncn1. The van der Waals surface area contributed by atoms with Crippen LogP contribution >= 0.6 is 0 Å². The number of carbonyl (C=O) groups excluding carboxylic acids is 1. The van der Waals surface area contributed by atoms with Crippen molar-refractivity contribution in [2.45, 2.75) is 26.3 Å². The van der Waals surface area contributed by atoms with Crippen molar-refractivity contribution < 1.29 is 4.79 Å². The van der Waals surface area contributed by atoms with E-state index in [4.69, 9.17) is 0 Å². The summed E-state index contributed by atoms with van der Waals surface area (Å²) in [7, 11) is 0. The van der Waals surface area contributed by atoms with Gasteiger partial charge in [0, 0.05) is 23.7 Å². The Morgan fingerprint density at radius 1 is 1.17 bits per heavy atom. The number of aromatic nitrogens is 3. The number of carbonyl (C=O) groups is 1. The maximum atomic E-state index is 12.5. The molecule has 1 aromatic carbocycles. The van der Waals surface area contributed by atoms with Crippen LogP contribution in [0.3, 0.4) is 0 Å². The Morgan fingerprint density at radius 2 is 2.00 bits per heavy atom. The molecule has 6 nitrogen and oxygen atoms in total. The van der Waals surface area contributed by atoms with Gasteiger partial charge < -0.3 is 10.6 Å². The molecule has 1 unspecified atom stereocenters. The zero-order chi connectivity index (χ0) is 16.9. The van der Waals surface area contributed by atoms with Crippen LogP contribution in [0.4, 0.5) is 11.5 Å². The molecular formula is C18H19N5O. The van der Waals surface area contributed by atoms with E-state index in [0.29, 0.717) is 17.2 Å². The fourth-order valence-corrected chi connectivity index (χ4v) is 2.31. The Bertz CT molecular complexity index is 859. The van der Waals surface area contributed by atoms with E-state index in [9.17, 15) is 4.79 Å². The molecule has 0 aliphatic heterocycles. The van der Waals surface area contributed by atoms with Crippen molar-refractivity contribution in [3.05, 3.63) is 54.6 Å². The third-order valence-corrected chi connectivity index (χ3v) is 3.79. The highest BCUT2D eigenvalue weighted by Crippen LogP contribution is 2.21. The van der Waals surface area contributed by atoms with E-state index < -0.39 is 0 Å². The summed E-state index contributed by atoms with van der Waals surface area (Å²) < 4.78 is 0. The maximum absolute atomic E-state index is 12.5. The number of rotatable bonds is 5. The number of pyridine rings is 1. The lowest BCUT2D eigenvalue weighted by Crippen LogP contribution is -2.18. The fourth-order valence-electron chi connectivity index (χ4n) is 2.31. The quantitative estimate of drug-likeness (QED) is 0.752. The van der Waals surface area contributed by atoms with E-state index in [2.05, 4.69) is 39.4 Å². The standard InChI is InChI=1S/C18H19N5O/c1-3-12(2)22-16-10-15(20-11-21-16)18(24)23-14-8-4-6-13-7-5-9-19-17(13)14/h4-12H,3H2,1-2H3,(H,23,24)(H,20,21,22). The van der Waals surface area contributed by atoms with Gasteiger partial charge in [-0.05, 0) is 25.5 Å². The predicted octanol–water partition coefficient (Wildman–Crippen LogP) is 3.49. The van der Waals surface area contributed by atoms with E-state index in [1.165, 1.54) is 6.33 Å². The lowest BCUT2D eigenvalue weighted by atomic mass is 10.2. The zero-order valence-corrected chi connectivity index (χ0v) is 13.7. The van der Waals surface area contributed by atoms with Crippen molar-refractivity contribution in [2.24, 2.45) is 0 Å². The van der Waals surface area contributed by atoms with Crippen LogP contribution in [0.5, 0.6) is 0 Å². The third-order valence-electron chi connectivity index (χ3n) is 3.79. The molecule has 2 N–H and O–H groups in total. The van der Waals surface area contributed by atoms with Gasteiger partial charge >= 0.3 is 0 Å². The van der Waals surface area contributed by atoms with Crippen LogP contribution in [-0.2, 0) is 0 Å². The molecule has 122 valence electrons. The summed E-state index contributed by atoms with van der Waals surface area (Å²) in [5, 5.41) is 7.08. The first-order valence-electron chi connectivity index (χ1n) is 7.91. The van der Waals surface area contributed by atoms with Gasteiger partial charge in [-0.3, -0.25) is 9.78 Å². The minimum Gasteiger partial charge on any atom is -0.368 e. The third kappa shape index (κ3) is 3.48. The molecule has 24 heavy (non-hydrogen) atoms. The molecule has 1 amide bonds. The second-order valence-electron chi connectivity index (χ2n) is 5.58. The number of fused-ring (bicyclic) bond motifs is 1. The molecular weight excluding hydrogens is 302 g/mol. The first-order chi connectivity index (χ1) is 11.7. The molecule has 0 radical (unpaired) electrons. The first kappa shape index (κ1) is 15.9. The molecule has 6 heteroatoms. The van der Waals surface area contributed by atoms with Crippen molar-refractivity contribution in [3.8, 4) is 0 Å². The van der Waals surface area contributed by atoms with Gasteiger partial charge in [0.05, 0.1) is 11.2 Å². The molecule has 3 aromatic rings. The van der Waals surface area contributed by atoms with Crippen LogP contribution in [0.15, 0.2) is 48.9 Å². The van der Waals surface area contributed by atoms with Gasteiger partial charge in [-0.15, -0.1) is 0 Å². The molecule has 2 heterocycles. The molecule has 0 aliphatic rings. The van der Waals surface area contributed by atoms with Crippen molar-refractivity contribution >= 4 is 28.3 Å². The minimum absolute atomic E-state index is 0.276. The van der Waals surface area contributed by atoms with E-state index in [1.54, 1.807) is 12.3 Å².